The van der Waals surface area contributed by atoms with E-state index in [0.29, 0.717) is 35.8 Å². The molecule has 1 aromatic carbocycles. The fourth-order valence-corrected chi connectivity index (χ4v) is 4.27. The van der Waals surface area contributed by atoms with Crippen molar-refractivity contribution in [3.05, 3.63) is 39.0 Å². The van der Waals surface area contributed by atoms with Gasteiger partial charge in [-0.15, -0.1) is 0 Å². The van der Waals surface area contributed by atoms with Crippen molar-refractivity contribution in [2.75, 3.05) is 6.61 Å². The molecule has 1 saturated carbocycles. The molecule has 1 aliphatic carbocycles. The second-order valence-electron chi connectivity index (χ2n) is 7.21. The van der Waals surface area contributed by atoms with Gasteiger partial charge in [-0.3, -0.25) is 0 Å². The van der Waals surface area contributed by atoms with E-state index in [9.17, 15) is 14.7 Å². The zero-order valence-corrected chi connectivity index (χ0v) is 17.2. The summed E-state index contributed by atoms with van der Waals surface area (Å²) < 4.78 is 5.62. The number of allylic oxidation sites excluding steroid dienone is 1. The van der Waals surface area contributed by atoms with Crippen LogP contribution in [0, 0.1) is 5.92 Å². The predicted molar refractivity (Wildman–Crippen MR) is 107 cm³/mol. The van der Waals surface area contributed by atoms with Crippen molar-refractivity contribution in [3.8, 4) is 5.75 Å². The summed E-state index contributed by atoms with van der Waals surface area (Å²) in [6.45, 7) is 2.22. The number of amides is 2. The van der Waals surface area contributed by atoms with Crippen LogP contribution in [0.5, 0.6) is 5.75 Å². The molecule has 0 radical (unpaired) electrons. The highest BCUT2D eigenvalue weighted by Crippen LogP contribution is 2.38. The summed E-state index contributed by atoms with van der Waals surface area (Å²) in [5.74, 6) is -0.334. The van der Waals surface area contributed by atoms with E-state index in [1.54, 1.807) is 0 Å². The van der Waals surface area contributed by atoms with Gasteiger partial charge in [-0.05, 0) is 42.9 Å². The molecule has 8 heteroatoms. The number of ether oxygens (including phenoxy) is 1. The highest BCUT2D eigenvalue weighted by Gasteiger charge is 2.34. The van der Waals surface area contributed by atoms with Crippen molar-refractivity contribution in [1.29, 1.82) is 0 Å². The van der Waals surface area contributed by atoms with E-state index in [0.717, 1.165) is 25.7 Å². The molecule has 1 fully saturated rings. The smallest absolute Gasteiger partial charge is 0.338 e. The summed E-state index contributed by atoms with van der Waals surface area (Å²) in [5, 5.41) is 15.3. The first-order chi connectivity index (χ1) is 13.4. The zero-order chi connectivity index (χ0) is 20.3. The van der Waals surface area contributed by atoms with Crippen molar-refractivity contribution >= 4 is 35.2 Å². The lowest BCUT2D eigenvalue weighted by Gasteiger charge is -2.30. The Kier molecular flexibility index (Phi) is 6.73. The molecule has 1 unspecified atom stereocenters. The molecule has 6 nitrogen and oxygen atoms in total. The van der Waals surface area contributed by atoms with Crippen molar-refractivity contribution in [2.24, 2.45) is 5.92 Å². The van der Waals surface area contributed by atoms with E-state index in [-0.39, 0.29) is 15.8 Å². The van der Waals surface area contributed by atoms with Crippen LogP contribution in [0.4, 0.5) is 4.79 Å². The molecule has 2 aliphatic rings. The third-order valence-electron chi connectivity index (χ3n) is 5.27. The van der Waals surface area contributed by atoms with Crippen molar-refractivity contribution in [2.45, 2.75) is 51.5 Å². The fourth-order valence-electron chi connectivity index (χ4n) is 3.76. The molecule has 1 aromatic rings. The van der Waals surface area contributed by atoms with Crippen molar-refractivity contribution in [3.63, 3.8) is 0 Å². The largest absolute Gasteiger partial charge is 0.505 e. The number of urea groups is 1. The van der Waals surface area contributed by atoms with Gasteiger partial charge < -0.3 is 20.5 Å². The molecule has 152 valence electrons. The molecule has 2 amide bonds. The molecule has 0 aromatic heterocycles. The Hall–Kier alpha value is -1.92. The van der Waals surface area contributed by atoms with Gasteiger partial charge in [-0.1, -0.05) is 49.4 Å². The van der Waals surface area contributed by atoms with Crippen LogP contribution >= 0.6 is 23.2 Å². The molecular formula is C20H24Cl2N2O4. The zero-order valence-electron chi connectivity index (χ0n) is 15.7. The average molecular weight is 427 g/mol. The standard InChI is InChI=1S/C20H24Cl2N2O4/c1-2-15-16(19(26)28-10-11-6-4-3-5-7-11)17(24-20(27)23-15)12-8-13(21)18(25)14(22)9-12/h8-9,11,17,25H,2-7,10H2,1H3,(H2,23,24,27). The lowest BCUT2D eigenvalue weighted by Crippen LogP contribution is -2.46. The molecule has 1 atom stereocenters. The normalized spacial score (nSPS) is 20.5. The number of phenols is 1. The maximum atomic E-state index is 13.0. The Morgan fingerprint density at radius 3 is 2.46 bits per heavy atom. The summed E-state index contributed by atoms with van der Waals surface area (Å²) in [7, 11) is 0. The minimum absolute atomic E-state index is 0.0447. The Balaban J connectivity index is 1.88. The SMILES string of the molecule is CCC1=C(C(=O)OCC2CCCCC2)C(c2cc(Cl)c(O)c(Cl)c2)NC(=O)N1. The molecule has 0 bridgehead atoms. The molecule has 1 aliphatic heterocycles. The van der Waals surface area contributed by atoms with Gasteiger partial charge in [0.2, 0.25) is 0 Å². The number of phenolic OH excluding ortho intramolecular Hbond substituents is 1. The first kappa shape index (κ1) is 20.8. The maximum Gasteiger partial charge on any atom is 0.338 e. The van der Waals surface area contributed by atoms with Gasteiger partial charge in [0.05, 0.1) is 28.3 Å². The summed E-state index contributed by atoms with van der Waals surface area (Å²) in [5.41, 5.74) is 1.33. The van der Waals surface area contributed by atoms with Crippen LogP contribution in [0.1, 0.15) is 57.1 Å². The summed E-state index contributed by atoms with van der Waals surface area (Å²) in [6, 6.07) is 1.78. The molecule has 1 heterocycles. The monoisotopic (exact) mass is 426 g/mol. The van der Waals surface area contributed by atoms with Gasteiger partial charge in [0.1, 0.15) is 0 Å². The first-order valence-electron chi connectivity index (χ1n) is 9.56. The number of nitrogens with one attached hydrogen (secondary N) is 2. The van der Waals surface area contributed by atoms with E-state index < -0.39 is 18.0 Å². The third kappa shape index (κ3) is 4.55. The summed E-state index contributed by atoms with van der Waals surface area (Å²) in [6.07, 6.45) is 6.14. The number of benzene rings is 1. The molecule has 0 saturated heterocycles. The van der Waals surface area contributed by atoms with Gasteiger partial charge in [-0.25, -0.2) is 9.59 Å². The number of carbonyl (C=O) groups excluding carboxylic acids is 2. The Morgan fingerprint density at radius 2 is 1.86 bits per heavy atom. The summed E-state index contributed by atoms with van der Waals surface area (Å²) in [4.78, 5) is 25.1. The molecule has 0 spiro atoms. The maximum absolute atomic E-state index is 13.0. The minimum atomic E-state index is -0.766. The molecular weight excluding hydrogens is 403 g/mol. The topological polar surface area (TPSA) is 87.7 Å². The highest BCUT2D eigenvalue weighted by molar-refractivity contribution is 6.37. The average Bonchev–Trinajstić information content (AvgIpc) is 2.69. The number of aromatic hydroxyl groups is 1. The second kappa shape index (κ2) is 9.05. The number of hydrogen-bond acceptors (Lipinski definition) is 4. The van der Waals surface area contributed by atoms with E-state index in [1.165, 1.54) is 18.6 Å². The van der Waals surface area contributed by atoms with E-state index >= 15 is 0 Å². The van der Waals surface area contributed by atoms with Crippen LogP contribution in [0.3, 0.4) is 0 Å². The van der Waals surface area contributed by atoms with Crippen LogP contribution in [0.2, 0.25) is 10.0 Å². The second-order valence-corrected chi connectivity index (χ2v) is 8.03. The van der Waals surface area contributed by atoms with Gasteiger partial charge >= 0.3 is 12.0 Å². The number of esters is 1. The van der Waals surface area contributed by atoms with E-state index in [1.807, 2.05) is 6.92 Å². The lowest BCUT2D eigenvalue weighted by atomic mass is 9.90. The Bertz CT molecular complexity index is 780. The lowest BCUT2D eigenvalue weighted by molar-refractivity contribution is -0.141. The predicted octanol–water partition coefficient (Wildman–Crippen LogP) is 4.84. The minimum Gasteiger partial charge on any atom is -0.505 e. The first-order valence-corrected chi connectivity index (χ1v) is 10.3. The molecule has 3 rings (SSSR count). The van der Waals surface area contributed by atoms with E-state index in [4.69, 9.17) is 27.9 Å². The van der Waals surface area contributed by atoms with Gasteiger partial charge in [0, 0.05) is 5.70 Å². The van der Waals surface area contributed by atoms with Crippen LogP contribution in [0.15, 0.2) is 23.4 Å². The van der Waals surface area contributed by atoms with Crippen LogP contribution < -0.4 is 10.6 Å². The van der Waals surface area contributed by atoms with Crippen LogP contribution in [0.25, 0.3) is 0 Å². The van der Waals surface area contributed by atoms with Gasteiger partial charge in [-0.2, -0.15) is 0 Å². The molecule has 28 heavy (non-hydrogen) atoms. The van der Waals surface area contributed by atoms with Crippen molar-refractivity contribution in [1.82, 2.24) is 10.6 Å². The number of carbonyl (C=O) groups is 2. The fraction of sp³-hybridized carbons (Fsp3) is 0.500. The van der Waals surface area contributed by atoms with Crippen LogP contribution in [-0.2, 0) is 9.53 Å². The van der Waals surface area contributed by atoms with Gasteiger partial charge in [0.25, 0.3) is 0 Å². The van der Waals surface area contributed by atoms with Crippen LogP contribution in [-0.4, -0.2) is 23.7 Å². The number of rotatable bonds is 5. The summed E-state index contributed by atoms with van der Waals surface area (Å²) >= 11 is 12.1. The van der Waals surface area contributed by atoms with Crippen molar-refractivity contribution < 1.29 is 19.4 Å². The Labute approximate surface area is 174 Å². The number of halogens is 2. The quantitative estimate of drug-likeness (QED) is 0.587. The highest BCUT2D eigenvalue weighted by atomic mass is 35.5. The van der Waals surface area contributed by atoms with Gasteiger partial charge in [0.15, 0.2) is 5.75 Å². The molecule has 3 N–H and O–H groups in total. The van der Waals surface area contributed by atoms with E-state index in [2.05, 4.69) is 10.6 Å². The number of hydrogen-bond donors (Lipinski definition) is 3. The third-order valence-corrected chi connectivity index (χ3v) is 5.85. The Morgan fingerprint density at radius 1 is 1.21 bits per heavy atom.